The third-order valence-electron chi connectivity index (χ3n) is 4.93. The van der Waals surface area contributed by atoms with Crippen molar-refractivity contribution in [3.8, 4) is 17.4 Å². The lowest BCUT2D eigenvalue weighted by atomic mass is 10.1. The predicted molar refractivity (Wildman–Crippen MR) is 132 cm³/mol. The summed E-state index contributed by atoms with van der Waals surface area (Å²) >= 11 is 6.82. The van der Waals surface area contributed by atoms with Gasteiger partial charge in [0, 0.05) is 17.2 Å². The molecule has 0 saturated carbocycles. The molecular formula is C24H17ClFN3O6S. The van der Waals surface area contributed by atoms with Crippen molar-refractivity contribution in [2.75, 3.05) is 6.61 Å². The lowest BCUT2D eigenvalue weighted by Gasteiger charge is -2.13. The number of thioether (sulfide) groups is 1. The van der Waals surface area contributed by atoms with Crippen LogP contribution in [0.15, 0.2) is 59.6 Å². The predicted octanol–water partition coefficient (Wildman–Crippen LogP) is 6.21. The normalized spacial score (nSPS) is 14.4. The van der Waals surface area contributed by atoms with E-state index in [1.165, 1.54) is 24.3 Å². The summed E-state index contributed by atoms with van der Waals surface area (Å²) in [7, 11) is 0. The number of ether oxygens (including phenoxy) is 2. The van der Waals surface area contributed by atoms with Gasteiger partial charge in [-0.05, 0) is 60.2 Å². The molecule has 36 heavy (non-hydrogen) atoms. The molecule has 184 valence electrons. The Balaban J connectivity index is 1.54. The first-order valence-electron chi connectivity index (χ1n) is 10.5. The number of imide groups is 1. The van der Waals surface area contributed by atoms with Crippen LogP contribution in [-0.4, -0.2) is 32.6 Å². The van der Waals surface area contributed by atoms with E-state index in [1.54, 1.807) is 31.2 Å². The summed E-state index contributed by atoms with van der Waals surface area (Å²) in [6.45, 7) is 2.02. The lowest BCUT2D eigenvalue weighted by Crippen LogP contribution is -2.27. The van der Waals surface area contributed by atoms with Gasteiger partial charge in [-0.2, -0.15) is 0 Å². The van der Waals surface area contributed by atoms with Gasteiger partial charge >= 0.3 is 0 Å². The Bertz CT molecular complexity index is 1380. The number of nitrogens with zero attached hydrogens (tertiary/aromatic N) is 3. The molecule has 0 atom stereocenters. The first-order valence-corrected chi connectivity index (χ1v) is 11.7. The zero-order valence-electron chi connectivity index (χ0n) is 18.6. The first kappa shape index (κ1) is 25.1. The molecule has 2 aromatic carbocycles. The van der Waals surface area contributed by atoms with Crippen molar-refractivity contribution in [3.63, 3.8) is 0 Å². The molecule has 4 rings (SSSR count). The third kappa shape index (κ3) is 5.64. The van der Waals surface area contributed by atoms with E-state index in [2.05, 4.69) is 4.98 Å². The maximum Gasteiger partial charge on any atom is 0.293 e. The number of amides is 2. The second-order valence-electron chi connectivity index (χ2n) is 7.36. The van der Waals surface area contributed by atoms with Crippen LogP contribution in [0.5, 0.6) is 17.4 Å². The lowest BCUT2D eigenvalue weighted by molar-refractivity contribution is -0.385. The van der Waals surface area contributed by atoms with Crippen molar-refractivity contribution in [1.82, 2.24) is 9.88 Å². The number of benzene rings is 2. The number of halogens is 2. The molecule has 1 aliphatic heterocycles. The Hall–Kier alpha value is -3.96. The molecule has 1 aromatic heterocycles. The molecule has 0 unspecified atom stereocenters. The summed E-state index contributed by atoms with van der Waals surface area (Å²) < 4.78 is 24.7. The van der Waals surface area contributed by atoms with Crippen molar-refractivity contribution in [1.29, 1.82) is 0 Å². The monoisotopic (exact) mass is 529 g/mol. The molecule has 0 bridgehead atoms. The van der Waals surface area contributed by atoms with Crippen LogP contribution in [0.25, 0.3) is 6.08 Å². The van der Waals surface area contributed by atoms with Crippen molar-refractivity contribution < 1.29 is 28.4 Å². The molecule has 2 amide bonds. The number of hydrogen-bond donors (Lipinski definition) is 0. The van der Waals surface area contributed by atoms with Gasteiger partial charge in [-0.25, -0.2) is 9.37 Å². The Morgan fingerprint density at radius 3 is 2.64 bits per heavy atom. The standard InChI is InChI=1S/C24H17ClFN3O6S/c1-2-34-20-9-14(3-7-19(20)35-22-8-6-17(12-27-22)29(32)33)10-21-23(30)28(24(31)36-21)13-15-4-5-16(26)11-18(15)25/h3-12H,2,13H2,1H3/b21-10-. The SMILES string of the molecule is CCOc1cc(/C=C2\SC(=O)N(Cc3ccc(F)cc3Cl)C2=O)ccc1Oc1ccc([N+](=O)[O-])cn1. The van der Waals surface area contributed by atoms with E-state index < -0.39 is 21.9 Å². The molecule has 1 aliphatic rings. The summed E-state index contributed by atoms with van der Waals surface area (Å²) in [6, 6.07) is 11.3. The second-order valence-corrected chi connectivity index (χ2v) is 8.76. The van der Waals surface area contributed by atoms with Crippen LogP contribution < -0.4 is 9.47 Å². The van der Waals surface area contributed by atoms with Crippen molar-refractivity contribution >= 4 is 46.3 Å². The molecule has 9 nitrogen and oxygen atoms in total. The minimum absolute atomic E-state index is 0.0830. The van der Waals surface area contributed by atoms with Crippen LogP contribution in [0.1, 0.15) is 18.1 Å². The van der Waals surface area contributed by atoms with Gasteiger partial charge in [0.25, 0.3) is 16.8 Å². The van der Waals surface area contributed by atoms with E-state index in [-0.39, 0.29) is 28.0 Å². The average Bonchev–Trinajstić information content (AvgIpc) is 3.10. The molecule has 0 spiro atoms. The average molecular weight is 530 g/mol. The van der Waals surface area contributed by atoms with E-state index in [0.717, 1.165) is 28.9 Å². The maximum absolute atomic E-state index is 13.3. The molecule has 0 radical (unpaired) electrons. The first-order chi connectivity index (χ1) is 17.2. The van der Waals surface area contributed by atoms with Crippen LogP contribution in [0, 0.1) is 15.9 Å². The van der Waals surface area contributed by atoms with Gasteiger partial charge in [0.15, 0.2) is 11.5 Å². The van der Waals surface area contributed by atoms with Gasteiger partial charge in [-0.1, -0.05) is 23.7 Å². The largest absolute Gasteiger partial charge is 0.490 e. The van der Waals surface area contributed by atoms with Crippen molar-refractivity contribution in [3.05, 3.63) is 91.7 Å². The van der Waals surface area contributed by atoms with Crippen molar-refractivity contribution in [2.24, 2.45) is 0 Å². The zero-order chi connectivity index (χ0) is 25.8. The molecule has 1 saturated heterocycles. The topological polar surface area (TPSA) is 112 Å². The maximum atomic E-state index is 13.3. The fraction of sp³-hybridized carbons (Fsp3) is 0.125. The minimum atomic E-state index is -0.562. The number of pyridine rings is 1. The Kier molecular flexibility index (Phi) is 7.51. The summed E-state index contributed by atoms with van der Waals surface area (Å²) in [6.07, 6.45) is 2.63. The van der Waals surface area contributed by atoms with E-state index >= 15 is 0 Å². The number of aromatic nitrogens is 1. The highest BCUT2D eigenvalue weighted by molar-refractivity contribution is 8.18. The number of nitro groups is 1. The molecule has 2 heterocycles. The number of carbonyl (C=O) groups is 2. The van der Waals surface area contributed by atoms with Gasteiger partial charge in [-0.15, -0.1) is 0 Å². The zero-order valence-corrected chi connectivity index (χ0v) is 20.2. The van der Waals surface area contributed by atoms with Gasteiger partial charge in [0.2, 0.25) is 5.88 Å². The quantitative estimate of drug-likeness (QED) is 0.192. The molecule has 0 aliphatic carbocycles. The molecule has 0 N–H and O–H groups in total. The van der Waals surface area contributed by atoms with Gasteiger partial charge in [0.1, 0.15) is 12.0 Å². The van der Waals surface area contributed by atoms with Gasteiger partial charge < -0.3 is 9.47 Å². The number of rotatable bonds is 8. The van der Waals surface area contributed by atoms with E-state index in [9.17, 15) is 24.1 Å². The van der Waals surface area contributed by atoms with Gasteiger partial charge in [-0.3, -0.25) is 24.6 Å². The second kappa shape index (κ2) is 10.8. The summed E-state index contributed by atoms with van der Waals surface area (Å²) in [5.41, 5.74) is 0.854. The fourth-order valence-corrected chi connectivity index (χ4v) is 4.29. The fourth-order valence-electron chi connectivity index (χ4n) is 3.23. The highest BCUT2D eigenvalue weighted by atomic mass is 35.5. The van der Waals surface area contributed by atoms with Crippen LogP contribution >= 0.6 is 23.4 Å². The van der Waals surface area contributed by atoms with Gasteiger partial charge in [0.05, 0.1) is 23.0 Å². The molecular weight excluding hydrogens is 513 g/mol. The highest BCUT2D eigenvalue weighted by Gasteiger charge is 2.35. The van der Waals surface area contributed by atoms with Crippen LogP contribution in [0.4, 0.5) is 14.9 Å². The Morgan fingerprint density at radius 2 is 1.97 bits per heavy atom. The highest BCUT2D eigenvalue weighted by Crippen LogP contribution is 2.37. The molecule has 1 fully saturated rings. The summed E-state index contributed by atoms with van der Waals surface area (Å²) in [5, 5.41) is 10.5. The Labute approximate surface area is 213 Å². The smallest absolute Gasteiger partial charge is 0.293 e. The molecule has 12 heteroatoms. The molecule has 3 aromatic rings. The number of carbonyl (C=O) groups excluding carboxylic acids is 2. The van der Waals surface area contributed by atoms with Crippen molar-refractivity contribution in [2.45, 2.75) is 13.5 Å². The summed E-state index contributed by atoms with van der Waals surface area (Å²) in [4.78, 5) is 40.8. The van der Waals surface area contributed by atoms with Crippen LogP contribution in [0.3, 0.4) is 0 Å². The van der Waals surface area contributed by atoms with E-state index in [0.29, 0.717) is 29.2 Å². The van der Waals surface area contributed by atoms with Crippen LogP contribution in [-0.2, 0) is 11.3 Å². The Morgan fingerprint density at radius 1 is 1.17 bits per heavy atom. The number of hydrogen-bond acceptors (Lipinski definition) is 8. The van der Waals surface area contributed by atoms with E-state index in [4.69, 9.17) is 21.1 Å². The third-order valence-corrected chi connectivity index (χ3v) is 6.19. The van der Waals surface area contributed by atoms with E-state index in [1.807, 2.05) is 0 Å². The minimum Gasteiger partial charge on any atom is -0.490 e. The van der Waals surface area contributed by atoms with Crippen LogP contribution in [0.2, 0.25) is 5.02 Å². The summed E-state index contributed by atoms with van der Waals surface area (Å²) in [5.74, 6) is -0.216.